The molecule has 32 heavy (non-hydrogen) atoms. The third kappa shape index (κ3) is 5.22. The van der Waals surface area contributed by atoms with Crippen molar-refractivity contribution in [1.82, 2.24) is 10.3 Å². The van der Waals surface area contributed by atoms with Gasteiger partial charge in [0.25, 0.3) is 5.91 Å². The molecule has 8 nitrogen and oxygen atoms in total. The highest BCUT2D eigenvalue weighted by Crippen LogP contribution is 2.34. The molecular weight excluding hydrogens is 408 g/mol. The van der Waals surface area contributed by atoms with E-state index in [1.165, 1.54) is 7.11 Å². The predicted molar refractivity (Wildman–Crippen MR) is 124 cm³/mol. The normalized spacial score (nSPS) is 16.2. The molecule has 2 heterocycles. The standard InChI is InChI=1S/C24H30N4O4/c1-6-8-15-13-26-22(18-12-20(31-5)19(21(25)29)11-17(15)18)28-10-7-9-16(14-28)27-23(30)32-24(2,3)4/h11-13,16H,7,9-10,14H2,1-5H3,(H2,25,29)(H,27,30). The lowest BCUT2D eigenvalue weighted by Gasteiger charge is -2.35. The molecule has 1 aliphatic rings. The van der Waals surface area contributed by atoms with E-state index < -0.39 is 17.6 Å². The van der Waals surface area contributed by atoms with Crippen LogP contribution in [0.5, 0.6) is 5.75 Å². The second-order valence-electron chi connectivity index (χ2n) is 8.76. The van der Waals surface area contributed by atoms with Crippen LogP contribution in [0.2, 0.25) is 0 Å². The number of ether oxygens (including phenoxy) is 2. The van der Waals surface area contributed by atoms with Crippen LogP contribution in [0.3, 0.4) is 0 Å². The number of hydrogen-bond donors (Lipinski definition) is 2. The Morgan fingerprint density at radius 1 is 1.28 bits per heavy atom. The minimum absolute atomic E-state index is 0.0719. The number of benzene rings is 1. The highest BCUT2D eigenvalue weighted by Gasteiger charge is 2.26. The van der Waals surface area contributed by atoms with Crippen molar-refractivity contribution >= 4 is 28.6 Å². The number of amides is 2. The summed E-state index contributed by atoms with van der Waals surface area (Å²) in [4.78, 5) is 31.0. The molecule has 0 bridgehead atoms. The summed E-state index contributed by atoms with van der Waals surface area (Å²) in [7, 11) is 1.50. The first kappa shape index (κ1) is 23.2. The number of rotatable bonds is 4. The molecule has 2 aromatic rings. The number of pyridine rings is 1. The summed E-state index contributed by atoms with van der Waals surface area (Å²) in [5.41, 5.74) is 6.00. The van der Waals surface area contributed by atoms with E-state index in [9.17, 15) is 9.59 Å². The fourth-order valence-corrected chi connectivity index (χ4v) is 3.86. The molecule has 2 amide bonds. The van der Waals surface area contributed by atoms with Gasteiger partial charge in [-0.2, -0.15) is 0 Å². The Kier molecular flexibility index (Phi) is 6.78. The minimum atomic E-state index is -0.572. The summed E-state index contributed by atoms with van der Waals surface area (Å²) in [6, 6.07) is 3.42. The van der Waals surface area contributed by atoms with Crippen LogP contribution in [-0.4, -0.2) is 48.8 Å². The lowest BCUT2D eigenvalue weighted by molar-refractivity contribution is 0.0499. The Labute approximate surface area is 188 Å². The number of nitrogens with zero attached hydrogens (tertiary/aromatic N) is 2. The summed E-state index contributed by atoms with van der Waals surface area (Å²) in [6.45, 7) is 8.63. The van der Waals surface area contributed by atoms with Gasteiger partial charge in [0.2, 0.25) is 0 Å². The van der Waals surface area contributed by atoms with E-state index >= 15 is 0 Å². The first-order valence-electron chi connectivity index (χ1n) is 10.6. The maximum Gasteiger partial charge on any atom is 0.407 e. The van der Waals surface area contributed by atoms with E-state index in [2.05, 4.69) is 27.0 Å². The maximum atomic E-state index is 12.2. The second-order valence-corrected chi connectivity index (χ2v) is 8.76. The van der Waals surface area contributed by atoms with E-state index in [1.54, 1.807) is 25.3 Å². The SMILES string of the molecule is CC#Cc1cnc(N2CCCC(NC(=O)OC(C)(C)C)C2)c2cc(OC)c(C(N)=O)cc12. The first-order chi connectivity index (χ1) is 15.1. The lowest BCUT2D eigenvalue weighted by Crippen LogP contribution is -2.49. The topological polar surface area (TPSA) is 107 Å². The highest BCUT2D eigenvalue weighted by atomic mass is 16.6. The van der Waals surface area contributed by atoms with Gasteiger partial charge in [0.05, 0.1) is 18.2 Å². The molecule has 1 aliphatic heterocycles. The average Bonchev–Trinajstić information content (AvgIpc) is 2.71. The molecule has 0 spiro atoms. The Morgan fingerprint density at radius 2 is 2.03 bits per heavy atom. The van der Waals surface area contributed by atoms with Crippen LogP contribution >= 0.6 is 0 Å². The van der Waals surface area contributed by atoms with E-state index in [0.717, 1.165) is 36.0 Å². The van der Waals surface area contributed by atoms with Gasteiger partial charge in [0.1, 0.15) is 17.2 Å². The summed E-state index contributed by atoms with van der Waals surface area (Å²) in [5.74, 6) is 6.49. The van der Waals surface area contributed by atoms with E-state index in [1.807, 2.05) is 20.8 Å². The van der Waals surface area contributed by atoms with Gasteiger partial charge < -0.3 is 25.4 Å². The fraction of sp³-hybridized carbons (Fsp3) is 0.458. The van der Waals surface area contributed by atoms with E-state index in [0.29, 0.717) is 23.4 Å². The molecule has 1 saturated heterocycles. The monoisotopic (exact) mass is 438 g/mol. The van der Waals surface area contributed by atoms with Crippen molar-refractivity contribution < 1.29 is 19.1 Å². The van der Waals surface area contributed by atoms with Gasteiger partial charge in [-0.3, -0.25) is 4.79 Å². The van der Waals surface area contributed by atoms with E-state index in [4.69, 9.17) is 15.2 Å². The van der Waals surface area contributed by atoms with Gasteiger partial charge >= 0.3 is 6.09 Å². The molecule has 1 fully saturated rings. The van der Waals surface area contributed by atoms with Crippen molar-refractivity contribution in [2.75, 3.05) is 25.1 Å². The van der Waals surface area contributed by atoms with Crippen molar-refractivity contribution in [2.24, 2.45) is 5.73 Å². The van der Waals surface area contributed by atoms with Crippen LogP contribution in [0.25, 0.3) is 10.8 Å². The third-order valence-electron chi connectivity index (χ3n) is 5.15. The zero-order valence-corrected chi connectivity index (χ0v) is 19.2. The van der Waals surface area contributed by atoms with Gasteiger partial charge in [-0.25, -0.2) is 9.78 Å². The summed E-state index contributed by atoms with van der Waals surface area (Å²) in [5, 5.41) is 4.55. The Morgan fingerprint density at radius 3 is 2.66 bits per heavy atom. The number of piperidine rings is 1. The lowest BCUT2D eigenvalue weighted by atomic mass is 10.0. The van der Waals surface area contributed by atoms with Crippen molar-refractivity contribution in [2.45, 2.75) is 52.2 Å². The van der Waals surface area contributed by atoms with Gasteiger partial charge in [0, 0.05) is 36.1 Å². The molecule has 3 rings (SSSR count). The Bertz CT molecular complexity index is 1100. The summed E-state index contributed by atoms with van der Waals surface area (Å²) >= 11 is 0. The molecule has 8 heteroatoms. The van der Waals surface area contributed by atoms with Crippen LogP contribution in [0, 0.1) is 11.8 Å². The number of anilines is 1. The fourth-order valence-electron chi connectivity index (χ4n) is 3.86. The zero-order valence-electron chi connectivity index (χ0n) is 19.2. The summed E-state index contributed by atoms with van der Waals surface area (Å²) < 4.78 is 10.8. The molecule has 0 saturated carbocycles. The van der Waals surface area contributed by atoms with Crippen molar-refractivity contribution in [1.29, 1.82) is 0 Å². The van der Waals surface area contributed by atoms with Crippen LogP contribution in [0.1, 0.15) is 56.5 Å². The third-order valence-corrected chi connectivity index (χ3v) is 5.15. The van der Waals surface area contributed by atoms with E-state index in [-0.39, 0.29) is 6.04 Å². The number of aromatic nitrogens is 1. The first-order valence-corrected chi connectivity index (χ1v) is 10.6. The average molecular weight is 439 g/mol. The van der Waals surface area contributed by atoms with Crippen LogP contribution in [0.15, 0.2) is 18.3 Å². The number of fused-ring (bicyclic) bond motifs is 1. The van der Waals surface area contributed by atoms with Crippen LogP contribution < -0.4 is 20.7 Å². The molecule has 0 aliphatic carbocycles. The molecule has 3 N–H and O–H groups in total. The van der Waals surface area contributed by atoms with Gasteiger partial charge in [-0.05, 0) is 52.7 Å². The number of carbonyl (C=O) groups is 2. The smallest absolute Gasteiger partial charge is 0.407 e. The molecule has 1 aromatic carbocycles. The zero-order chi connectivity index (χ0) is 23.5. The molecule has 170 valence electrons. The summed E-state index contributed by atoms with van der Waals surface area (Å²) in [6.07, 6.45) is 3.01. The number of alkyl carbamates (subject to hydrolysis) is 1. The number of nitrogens with one attached hydrogen (secondary N) is 1. The van der Waals surface area contributed by atoms with Crippen molar-refractivity contribution in [3.05, 3.63) is 29.5 Å². The number of carbonyl (C=O) groups excluding carboxylic acids is 2. The molecule has 1 atom stereocenters. The number of nitrogens with two attached hydrogens (primary N) is 1. The van der Waals surface area contributed by atoms with Crippen LogP contribution in [-0.2, 0) is 4.74 Å². The predicted octanol–water partition coefficient (Wildman–Crippen LogP) is 3.21. The second kappa shape index (κ2) is 9.35. The van der Waals surface area contributed by atoms with Gasteiger partial charge in [-0.15, -0.1) is 5.92 Å². The minimum Gasteiger partial charge on any atom is -0.496 e. The molecule has 0 radical (unpaired) electrons. The van der Waals surface area contributed by atoms with Crippen molar-refractivity contribution in [3.63, 3.8) is 0 Å². The molecule has 1 aromatic heterocycles. The quantitative estimate of drug-likeness (QED) is 0.710. The highest BCUT2D eigenvalue weighted by molar-refractivity contribution is 6.05. The van der Waals surface area contributed by atoms with Gasteiger partial charge in [0.15, 0.2) is 0 Å². The maximum absolute atomic E-state index is 12.2. The molecule has 1 unspecified atom stereocenters. The Hall–Kier alpha value is -3.47. The number of methoxy groups -OCH3 is 1. The number of primary amides is 1. The van der Waals surface area contributed by atoms with Gasteiger partial charge in [-0.1, -0.05) is 5.92 Å². The Balaban J connectivity index is 1.98. The molecular formula is C24H30N4O4. The van der Waals surface area contributed by atoms with Crippen LogP contribution in [0.4, 0.5) is 10.6 Å². The number of hydrogen-bond acceptors (Lipinski definition) is 6. The van der Waals surface area contributed by atoms with Crippen molar-refractivity contribution in [3.8, 4) is 17.6 Å². The largest absolute Gasteiger partial charge is 0.496 e.